The van der Waals surface area contributed by atoms with Gasteiger partial charge in [-0.3, -0.25) is 14.9 Å². The Morgan fingerprint density at radius 2 is 2.11 bits per heavy atom. The van der Waals surface area contributed by atoms with E-state index in [4.69, 9.17) is 5.73 Å². The van der Waals surface area contributed by atoms with Crippen LogP contribution in [0.3, 0.4) is 0 Å². The lowest BCUT2D eigenvalue weighted by Gasteiger charge is -2.25. The highest BCUT2D eigenvalue weighted by Crippen LogP contribution is 2.28. The fourth-order valence-electron chi connectivity index (χ4n) is 1.85. The molecule has 104 valence electrons. The van der Waals surface area contributed by atoms with E-state index < -0.39 is 33.6 Å². The van der Waals surface area contributed by atoms with Crippen LogP contribution < -0.4 is 5.73 Å². The van der Waals surface area contributed by atoms with Gasteiger partial charge in [0.05, 0.1) is 4.92 Å². The fraction of sp³-hybridized carbons (Fsp3) is 0.417. The molecule has 0 saturated heterocycles. The van der Waals surface area contributed by atoms with Crippen molar-refractivity contribution in [1.82, 2.24) is 4.90 Å². The third-order valence-electron chi connectivity index (χ3n) is 2.81. The molecule has 0 fully saturated rings. The number of hydrogen-bond donors (Lipinski definition) is 1. The summed E-state index contributed by atoms with van der Waals surface area (Å²) in [6.45, 7) is 5.64. The van der Waals surface area contributed by atoms with E-state index in [0.717, 1.165) is 12.1 Å². The van der Waals surface area contributed by atoms with Gasteiger partial charge in [0.2, 0.25) is 0 Å². The number of anilines is 1. The summed E-state index contributed by atoms with van der Waals surface area (Å²) in [5.41, 5.74) is 4.21. The van der Waals surface area contributed by atoms with Gasteiger partial charge in [-0.15, -0.1) is 0 Å². The smallest absolute Gasteiger partial charge is 0.293 e. The lowest BCUT2D eigenvalue weighted by Crippen LogP contribution is -2.37. The summed E-state index contributed by atoms with van der Waals surface area (Å²) in [7, 11) is 0. The predicted molar refractivity (Wildman–Crippen MR) is 69.3 cm³/mol. The Hall–Kier alpha value is -2.18. The Morgan fingerprint density at radius 1 is 1.53 bits per heavy atom. The molecule has 7 heteroatoms. The number of halogens is 1. The first kappa shape index (κ1) is 14.9. The van der Waals surface area contributed by atoms with Crippen molar-refractivity contribution in [3.8, 4) is 0 Å². The number of amides is 1. The van der Waals surface area contributed by atoms with Crippen LogP contribution >= 0.6 is 0 Å². The van der Waals surface area contributed by atoms with Crippen molar-refractivity contribution in [1.29, 1.82) is 0 Å². The predicted octanol–water partition coefficient (Wildman–Crippen LogP) is 2.19. The van der Waals surface area contributed by atoms with Crippen LogP contribution in [0.1, 0.15) is 31.1 Å². The average Bonchev–Trinajstić information content (AvgIpc) is 2.28. The molecule has 0 heterocycles. The molecule has 1 amide bonds. The molecule has 0 spiro atoms. The number of nitrogens with two attached hydrogens (primary N) is 1. The monoisotopic (exact) mass is 269 g/mol. The summed E-state index contributed by atoms with van der Waals surface area (Å²) in [5.74, 6) is -1.50. The van der Waals surface area contributed by atoms with Gasteiger partial charge in [0.15, 0.2) is 0 Å². The highest BCUT2D eigenvalue weighted by Gasteiger charge is 2.27. The third kappa shape index (κ3) is 2.81. The zero-order valence-electron chi connectivity index (χ0n) is 11.0. The van der Waals surface area contributed by atoms with Gasteiger partial charge in [0.1, 0.15) is 17.1 Å². The number of nitrogens with zero attached hydrogens (tertiary/aromatic N) is 2. The van der Waals surface area contributed by atoms with Gasteiger partial charge in [-0.25, -0.2) is 4.39 Å². The van der Waals surface area contributed by atoms with Crippen molar-refractivity contribution in [3.63, 3.8) is 0 Å². The SMILES string of the molecule is CCN(C(=O)c1c(F)ccc([N+](=O)[O-])c1N)C(C)C. The lowest BCUT2D eigenvalue weighted by molar-refractivity contribution is -0.384. The minimum absolute atomic E-state index is 0.157. The minimum Gasteiger partial charge on any atom is -0.392 e. The van der Waals surface area contributed by atoms with Crippen molar-refractivity contribution < 1.29 is 14.1 Å². The normalized spacial score (nSPS) is 10.6. The number of rotatable bonds is 4. The molecule has 1 rings (SSSR count). The molecule has 0 saturated carbocycles. The second-order valence-corrected chi connectivity index (χ2v) is 4.30. The zero-order chi connectivity index (χ0) is 14.7. The van der Waals surface area contributed by atoms with Gasteiger partial charge in [-0.2, -0.15) is 0 Å². The third-order valence-corrected chi connectivity index (χ3v) is 2.81. The van der Waals surface area contributed by atoms with Gasteiger partial charge in [0.25, 0.3) is 11.6 Å². The van der Waals surface area contributed by atoms with Crippen LogP contribution in [0.15, 0.2) is 12.1 Å². The summed E-state index contributed by atoms with van der Waals surface area (Å²) >= 11 is 0. The first-order chi connectivity index (χ1) is 8.81. The van der Waals surface area contributed by atoms with Crippen LogP contribution in [-0.4, -0.2) is 28.3 Å². The second kappa shape index (κ2) is 5.64. The van der Waals surface area contributed by atoms with Crippen LogP contribution in [0.4, 0.5) is 15.8 Å². The highest BCUT2D eigenvalue weighted by atomic mass is 19.1. The number of hydrogen-bond acceptors (Lipinski definition) is 4. The number of nitro groups is 1. The van der Waals surface area contributed by atoms with Gasteiger partial charge in [0, 0.05) is 18.7 Å². The average molecular weight is 269 g/mol. The standard InChI is InChI=1S/C12H16FN3O3/c1-4-15(7(2)3)12(17)10-8(13)5-6-9(11(10)14)16(18)19/h5-7H,4,14H2,1-3H3. The molecule has 1 aromatic rings. The summed E-state index contributed by atoms with van der Waals surface area (Å²) < 4.78 is 13.8. The molecule has 0 aromatic heterocycles. The van der Waals surface area contributed by atoms with E-state index >= 15 is 0 Å². The van der Waals surface area contributed by atoms with Gasteiger partial charge < -0.3 is 10.6 Å². The van der Waals surface area contributed by atoms with Crippen LogP contribution in [0.5, 0.6) is 0 Å². The maximum Gasteiger partial charge on any atom is 0.293 e. The van der Waals surface area contributed by atoms with E-state index in [1.807, 2.05) is 0 Å². The molecule has 19 heavy (non-hydrogen) atoms. The van der Waals surface area contributed by atoms with E-state index in [1.54, 1.807) is 20.8 Å². The van der Waals surface area contributed by atoms with Crippen LogP contribution in [0, 0.1) is 15.9 Å². The summed E-state index contributed by atoms with van der Waals surface area (Å²) in [5, 5.41) is 10.8. The zero-order valence-corrected chi connectivity index (χ0v) is 11.0. The second-order valence-electron chi connectivity index (χ2n) is 4.30. The topological polar surface area (TPSA) is 89.5 Å². The van der Waals surface area contributed by atoms with Crippen molar-refractivity contribution in [2.75, 3.05) is 12.3 Å². The molecule has 0 aliphatic carbocycles. The summed E-state index contributed by atoms with van der Waals surface area (Å²) in [6, 6.07) is 1.68. The van der Waals surface area contributed by atoms with Crippen LogP contribution in [-0.2, 0) is 0 Å². The largest absolute Gasteiger partial charge is 0.392 e. The maximum atomic E-state index is 13.8. The van der Waals surface area contributed by atoms with Crippen molar-refractivity contribution in [2.45, 2.75) is 26.8 Å². The number of nitro benzene ring substituents is 1. The Kier molecular flexibility index (Phi) is 4.42. The molecular weight excluding hydrogens is 253 g/mol. The summed E-state index contributed by atoms with van der Waals surface area (Å²) in [6.07, 6.45) is 0. The van der Waals surface area contributed by atoms with Gasteiger partial charge in [-0.05, 0) is 26.8 Å². The van der Waals surface area contributed by atoms with E-state index in [9.17, 15) is 19.3 Å². The Morgan fingerprint density at radius 3 is 2.53 bits per heavy atom. The highest BCUT2D eigenvalue weighted by molar-refractivity contribution is 6.01. The number of carbonyl (C=O) groups is 1. The molecule has 0 aliphatic heterocycles. The van der Waals surface area contributed by atoms with Crippen molar-refractivity contribution in [2.24, 2.45) is 0 Å². The maximum absolute atomic E-state index is 13.8. The lowest BCUT2D eigenvalue weighted by atomic mass is 10.1. The molecule has 2 N–H and O–H groups in total. The van der Waals surface area contributed by atoms with Crippen LogP contribution in [0.25, 0.3) is 0 Å². The van der Waals surface area contributed by atoms with E-state index in [0.29, 0.717) is 6.54 Å². The minimum atomic E-state index is -0.854. The van der Waals surface area contributed by atoms with E-state index in [1.165, 1.54) is 4.90 Å². The first-order valence-corrected chi connectivity index (χ1v) is 5.84. The number of benzene rings is 1. The molecule has 6 nitrogen and oxygen atoms in total. The Bertz CT molecular complexity index is 517. The molecular formula is C12H16FN3O3. The van der Waals surface area contributed by atoms with E-state index in [2.05, 4.69) is 0 Å². The van der Waals surface area contributed by atoms with Gasteiger partial charge in [-0.1, -0.05) is 0 Å². The van der Waals surface area contributed by atoms with Crippen molar-refractivity contribution in [3.05, 3.63) is 33.6 Å². The molecule has 0 unspecified atom stereocenters. The van der Waals surface area contributed by atoms with E-state index in [-0.39, 0.29) is 6.04 Å². The Balaban J connectivity index is 3.37. The molecule has 0 radical (unpaired) electrons. The number of nitrogen functional groups attached to an aromatic ring is 1. The van der Waals surface area contributed by atoms with Crippen LogP contribution in [0.2, 0.25) is 0 Å². The Labute approximate surface area is 110 Å². The molecule has 0 bridgehead atoms. The van der Waals surface area contributed by atoms with Gasteiger partial charge >= 0.3 is 0 Å². The van der Waals surface area contributed by atoms with Crippen molar-refractivity contribution >= 4 is 17.3 Å². The first-order valence-electron chi connectivity index (χ1n) is 5.84. The fourth-order valence-corrected chi connectivity index (χ4v) is 1.85. The quantitative estimate of drug-likeness (QED) is 0.515. The summed E-state index contributed by atoms with van der Waals surface area (Å²) in [4.78, 5) is 23.6. The molecule has 0 aliphatic rings. The number of carbonyl (C=O) groups excluding carboxylic acids is 1. The molecule has 1 aromatic carbocycles. The molecule has 0 atom stereocenters.